The molecule has 0 N–H and O–H groups in total. The van der Waals surface area contributed by atoms with Crippen molar-refractivity contribution in [2.24, 2.45) is 0 Å². The highest BCUT2D eigenvalue weighted by atomic mass is 14.4. The molecule has 0 saturated carbocycles. The van der Waals surface area contributed by atoms with Gasteiger partial charge in [0.1, 0.15) is 0 Å². The van der Waals surface area contributed by atoms with Crippen LogP contribution >= 0.6 is 0 Å². The predicted octanol–water partition coefficient (Wildman–Crippen LogP) is 14.8. The Morgan fingerprint density at radius 3 is 1.51 bits per heavy atom. The van der Waals surface area contributed by atoms with Crippen molar-refractivity contribution in [1.29, 1.82) is 0 Å². The number of hydrogen-bond donors (Lipinski definition) is 0. The number of rotatable bonds is 3. The Bertz CT molecular complexity index is 3080. The van der Waals surface area contributed by atoms with Crippen molar-refractivity contribution >= 4 is 53.9 Å². The van der Waals surface area contributed by atoms with Crippen LogP contribution in [0.25, 0.3) is 98.4 Å². The third kappa shape index (κ3) is 4.30. The smallest absolute Gasteiger partial charge is 0.0171 e. The molecule has 0 radical (unpaired) electrons. The fourth-order valence-corrected chi connectivity index (χ4v) is 9.82. The molecule has 248 valence electrons. The zero-order chi connectivity index (χ0) is 35.3. The van der Waals surface area contributed by atoms with Gasteiger partial charge in [0.25, 0.3) is 0 Å². The largest absolute Gasteiger partial charge is 0.0616 e. The first-order chi connectivity index (χ1) is 26.1. The number of benzene rings is 10. The van der Waals surface area contributed by atoms with Crippen molar-refractivity contribution in [2.45, 2.75) is 19.3 Å². The second-order valence-corrected chi connectivity index (χ2v) is 15.2. The average molecular weight is 673 g/mol. The van der Waals surface area contributed by atoms with Crippen LogP contribution in [-0.2, 0) is 5.41 Å². The van der Waals surface area contributed by atoms with Crippen LogP contribution in [0.1, 0.15) is 25.0 Å². The maximum Gasteiger partial charge on any atom is 0.0171 e. The van der Waals surface area contributed by atoms with Gasteiger partial charge in [0, 0.05) is 5.41 Å². The van der Waals surface area contributed by atoms with Gasteiger partial charge in [-0.25, -0.2) is 0 Å². The highest BCUT2D eigenvalue weighted by molar-refractivity contribution is 6.22. The highest BCUT2D eigenvalue weighted by Crippen LogP contribution is 2.56. The molecule has 1 aliphatic carbocycles. The SMILES string of the molecule is CC1(C)c2c(cccc2-c2c3ccccc3c(-c3cccc(-c4cc5ccccc5c5ccccc45)c3)c3ccccc23)-c2ccc3ccccc3c21. The summed E-state index contributed by atoms with van der Waals surface area (Å²) in [5.41, 5.74) is 13.0. The molecule has 0 amide bonds. The van der Waals surface area contributed by atoms with E-state index in [9.17, 15) is 0 Å². The van der Waals surface area contributed by atoms with Gasteiger partial charge in [-0.2, -0.15) is 0 Å². The van der Waals surface area contributed by atoms with E-state index in [1.807, 2.05) is 0 Å². The molecule has 0 aliphatic heterocycles. The average Bonchev–Trinajstić information content (AvgIpc) is 3.46. The Kier molecular flexibility index (Phi) is 6.40. The van der Waals surface area contributed by atoms with Gasteiger partial charge in [-0.05, 0) is 122 Å². The Balaban J connectivity index is 1.18. The second kappa shape index (κ2) is 11.2. The fraction of sp³-hybridized carbons (Fsp3) is 0.0566. The Morgan fingerprint density at radius 1 is 0.283 bits per heavy atom. The number of hydrogen-bond acceptors (Lipinski definition) is 0. The summed E-state index contributed by atoms with van der Waals surface area (Å²) in [5, 5.41) is 12.9. The molecule has 53 heavy (non-hydrogen) atoms. The monoisotopic (exact) mass is 672 g/mol. The molecule has 10 aromatic carbocycles. The Morgan fingerprint density at radius 2 is 0.792 bits per heavy atom. The predicted molar refractivity (Wildman–Crippen MR) is 228 cm³/mol. The van der Waals surface area contributed by atoms with E-state index in [0.29, 0.717) is 0 Å². The molecule has 0 aromatic heterocycles. The summed E-state index contributed by atoms with van der Waals surface area (Å²) in [5.74, 6) is 0. The first kappa shape index (κ1) is 30.2. The maximum absolute atomic E-state index is 2.42. The molecule has 0 fully saturated rings. The minimum atomic E-state index is -0.181. The lowest BCUT2D eigenvalue weighted by molar-refractivity contribution is 0.668. The normalized spacial score (nSPS) is 13.2. The molecule has 11 rings (SSSR count). The van der Waals surface area contributed by atoms with Crippen LogP contribution in [0.4, 0.5) is 0 Å². The van der Waals surface area contributed by atoms with E-state index in [-0.39, 0.29) is 5.41 Å². The minimum absolute atomic E-state index is 0.181. The van der Waals surface area contributed by atoms with E-state index in [1.165, 1.54) is 109 Å². The van der Waals surface area contributed by atoms with Crippen molar-refractivity contribution < 1.29 is 0 Å². The van der Waals surface area contributed by atoms with Gasteiger partial charge in [-0.1, -0.05) is 184 Å². The quantitative estimate of drug-likeness (QED) is 0.129. The molecule has 0 spiro atoms. The van der Waals surface area contributed by atoms with Gasteiger partial charge in [0.15, 0.2) is 0 Å². The van der Waals surface area contributed by atoms with Gasteiger partial charge in [0.2, 0.25) is 0 Å². The van der Waals surface area contributed by atoms with Crippen LogP contribution in [0.5, 0.6) is 0 Å². The van der Waals surface area contributed by atoms with Gasteiger partial charge in [0.05, 0.1) is 0 Å². The van der Waals surface area contributed by atoms with Crippen LogP contribution in [0.2, 0.25) is 0 Å². The van der Waals surface area contributed by atoms with E-state index >= 15 is 0 Å². The topological polar surface area (TPSA) is 0 Å². The summed E-state index contributed by atoms with van der Waals surface area (Å²) in [6, 6.07) is 67.8. The first-order valence-electron chi connectivity index (χ1n) is 18.7. The van der Waals surface area contributed by atoms with Crippen molar-refractivity contribution in [3.05, 3.63) is 193 Å². The van der Waals surface area contributed by atoms with E-state index in [0.717, 1.165) is 0 Å². The first-order valence-corrected chi connectivity index (χ1v) is 18.7. The van der Waals surface area contributed by atoms with E-state index in [2.05, 4.69) is 196 Å². The Labute approximate surface area is 309 Å². The summed E-state index contributed by atoms with van der Waals surface area (Å²) in [4.78, 5) is 0. The van der Waals surface area contributed by atoms with Crippen LogP contribution in [-0.4, -0.2) is 0 Å². The molecule has 0 heterocycles. The summed E-state index contributed by atoms with van der Waals surface area (Å²) in [7, 11) is 0. The van der Waals surface area contributed by atoms with Crippen LogP contribution < -0.4 is 0 Å². The van der Waals surface area contributed by atoms with Crippen molar-refractivity contribution in [2.75, 3.05) is 0 Å². The lowest BCUT2D eigenvalue weighted by Gasteiger charge is -2.27. The molecule has 1 aliphatic rings. The van der Waals surface area contributed by atoms with E-state index < -0.39 is 0 Å². The molecule has 0 heteroatoms. The van der Waals surface area contributed by atoms with Gasteiger partial charge >= 0.3 is 0 Å². The van der Waals surface area contributed by atoms with Crippen molar-refractivity contribution in [3.63, 3.8) is 0 Å². The van der Waals surface area contributed by atoms with E-state index in [1.54, 1.807) is 0 Å². The second-order valence-electron chi connectivity index (χ2n) is 15.2. The minimum Gasteiger partial charge on any atom is -0.0616 e. The zero-order valence-corrected chi connectivity index (χ0v) is 29.8. The number of fused-ring (bicyclic) bond motifs is 10. The molecular formula is C53H36. The maximum atomic E-state index is 2.42. The zero-order valence-electron chi connectivity index (χ0n) is 29.8. The van der Waals surface area contributed by atoms with E-state index in [4.69, 9.17) is 0 Å². The summed E-state index contributed by atoms with van der Waals surface area (Å²) >= 11 is 0. The third-order valence-corrected chi connectivity index (χ3v) is 12.0. The molecule has 0 nitrogen and oxygen atoms in total. The van der Waals surface area contributed by atoms with Crippen LogP contribution in [0, 0.1) is 0 Å². The van der Waals surface area contributed by atoms with Gasteiger partial charge in [-0.3, -0.25) is 0 Å². The van der Waals surface area contributed by atoms with Gasteiger partial charge < -0.3 is 0 Å². The summed E-state index contributed by atoms with van der Waals surface area (Å²) in [6.45, 7) is 4.85. The fourth-order valence-electron chi connectivity index (χ4n) is 9.82. The molecule has 0 atom stereocenters. The van der Waals surface area contributed by atoms with Gasteiger partial charge in [-0.15, -0.1) is 0 Å². The Hall–Kier alpha value is -6.50. The van der Waals surface area contributed by atoms with Crippen LogP contribution in [0.15, 0.2) is 182 Å². The highest BCUT2D eigenvalue weighted by Gasteiger charge is 2.39. The lowest BCUT2D eigenvalue weighted by Crippen LogP contribution is -2.17. The molecule has 0 saturated heterocycles. The van der Waals surface area contributed by atoms with Crippen molar-refractivity contribution in [3.8, 4) is 44.5 Å². The van der Waals surface area contributed by atoms with Crippen LogP contribution in [0.3, 0.4) is 0 Å². The molecule has 0 bridgehead atoms. The van der Waals surface area contributed by atoms with Crippen molar-refractivity contribution in [1.82, 2.24) is 0 Å². The molecule has 0 unspecified atom stereocenters. The lowest BCUT2D eigenvalue weighted by atomic mass is 9.75. The summed E-state index contributed by atoms with van der Waals surface area (Å²) < 4.78 is 0. The molecular weight excluding hydrogens is 637 g/mol. The standard InChI is InChI=1S/C53H36/c1-53(2)51-38-20-6-3-15-33(38)29-30-46(51)45-27-14-28-47(52(45)53)50-43-25-11-9-23-41(43)49(42-24-10-12-26-44(42)50)36-18-13-17-34(31-36)48-32-35-16-4-5-19-37(35)39-21-7-8-22-40(39)48/h3-32H,1-2H3. The molecule has 10 aromatic rings. The third-order valence-electron chi connectivity index (χ3n) is 12.0. The summed E-state index contributed by atoms with van der Waals surface area (Å²) in [6.07, 6.45) is 0.